The number of amides is 1. The molecule has 0 unspecified atom stereocenters. The molecular weight excluding hydrogens is 405 g/mol. The first kappa shape index (κ1) is 23.9. The number of hydrogen-bond donors (Lipinski definition) is 1. The number of nitrogens with one attached hydrogen (secondary N) is 1. The molecule has 2 atom stereocenters. The van der Waals surface area contributed by atoms with Gasteiger partial charge in [-0.05, 0) is 89.4 Å². The fraction of sp³-hybridized carbons (Fsp3) is 0.708. The minimum absolute atomic E-state index is 0.0108. The Labute approximate surface area is 183 Å². The first-order chi connectivity index (χ1) is 14.4. The highest BCUT2D eigenvalue weighted by Crippen LogP contribution is 2.49. The fourth-order valence-electron chi connectivity index (χ4n) is 4.62. The molecule has 1 saturated carbocycles. The summed E-state index contributed by atoms with van der Waals surface area (Å²) in [7, 11) is 0. The maximum Gasteiger partial charge on any atom is 0.257 e. The van der Waals surface area contributed by atoms with E-state index in [1.165, 1.54) is 12.1 Å². The molecule has 1 aliphatic heterocycles. The maximum atomic E-state index is 14.3. The van der Waals surface area contributed by atoms with E-state index in [0.717, 1.165) is 45.7 Å². The van der Waals surface area contributed by atoms with Crippen LogP contribution >= 0.6 is 0 Å². The third-order valence-corrected chi connectivity index (χ3v) is 6.15. The van der Waals surface area contributed by atoms with Crippen LogP contribution in [0.5, 0.6) is 5.75 Å². The first-order valence-electron chi connectivity index (χ1n) is 11.3. The molecule has 31 heavy (non-hydrogen) atoms. The number of hydrogen-bond acceptors (Lipinski definition) is 3. The van der Waals surface area contributed by atoms with Crippen LogP contribution in [0.3, 0.4) is 0 Å². The molecule has 4 nitrogen and oxygen atoms in total. The molecule has 1 aromatic carbocycles. The summed E-state index contributed by atoms with van der Waals surface area (Å²) in [4.78, 5) is 14.0. The van der Waals surface area contributed by atoms with Crippen molar-refractivity contribution in [3.05, 3.63) is 29.6 Å². The summed E-state index contributed by atoms with van der Waals surface area (Å²) in [6, 6.07) is 4.35. The second-order valence-corrected chi connectivity index (χ2v) is 10.3. The summed E-state index contributed by atoms with van der Waals surface area (Å²) in [6.07, 6.45) is 4.05. The quantitative estimate of drug-likeness (QED) is 0.610. The number of alkyl halides is 2. The lowest BCUT2D eigenvalue weighted by Gasteiger charge is -2.33. The van der Waals surface area contributed by atoms with Gasteiger partial charge in [0, 0.05) is 18.5 Å². The van der Waals surface area contributed by atoms with Crippen LogP contribution in [-0.4, -0.2) is 48.5 Å². The number of benzene rings is 1. The van der Waals surface area contributed by atoms with Gasteiger partial charge in [-0.15, -0.1) is 0 Å². The fourth-order valence-corrected chi connectivity index (χ4v) is 4.62. The molecule has 174 valence electrons. The van der Waals surface area contributed by atoms with Gasteiger partial charge in [-0.1, -0.05) is 0 Å². The van der Waals surface area contributed by atoms with Crippen molar-refractivity contribution < 1.29 is 22.7 Å². The highest BCUT2D eigenvalue weighted by Gasteiger charge is 2.43. The van der Waals surface area contributed by atoms with Crippen molar-refractivity contribution in [2.45, 2.75) is 64.8 Å². The Morgan fingerprint density at radius 3 is 2.45 bits per heavy atom. The Kier molecular flexibility index (Phi) is 7.24. The predicted molar refractivity (Wildman–Crippen MR) is 115 cm³/mol. The Morgan fingerprint density at radius 1 is 1.19 bits per heavy atom. The van der Waals surface area contributed by atoms with Gasteiger partial charge in [-0.2, -0.15) is 0 Å². The number of ether oxygens (including phenoxy) is 1. The Balaban J connectivity index is 1.38. The first-order valence-corrected chi connectivity index (χ1v) is 11.3. The van der Waals surface area contributed by atoms with Crippen LogP contribution in [0, 0.1) is 23.6 Å². The van der Waals surface area contributed by atoms with Crippen molar-refractivity contribution in [3.8, 4) is 5.75 Å². The molecule has 2 fully saturated rings. The average molecular weight is 441 g/mol. The minimum Gasteiger partial charge on any atom is -0.493 e. The summed E-state index contributed by atoms with van der Waals surface area (Å²) in [5.41, 5.74) is -0.422. The van der Waals surface area contributed by atoms with Crippen LogP contribution in [0.2, 0.25) is 0 Å². The van der Waals surface area contributed by atoms with Crippen molar-refractivity contribution in [1.29, 1.82) is 0 Å². The van der Waals surface area contributed by atoms with E-state index in [9.17, 15) is 18.0 Å². The van der Waals surface area contributed by atoms with Crippen LogP contribution in [0.25, 0.3) is 0 Å². The Hall–Kier alpha value is -1.76. The van der Waals surface area contributed by atoms with Crippen molar-refractivity contribution in [1.82, 2.24) is 10.2 Å². The van der Waals surface area contributed by atoms with Gasteiger partial charge in [0.1, 0.15) is 11.6 Å². The second-order valence-electron chi connectivity index (χ2n) is 10.3. The largest absolute Gasteiger partial charge is 0.493 e. The Morgan fingerprint density at radius 2 is 1.87 bits per heavy atom. The van der Waals surface area contributed by atoms with E-state index in [1.807, 2.05) is 25.7 Å². The Bertz CT molecular complexity index is 765. The smallest absolute Gasteiger partial charge is 0.257 e. The lowest BCUT2D eigenvalue weighted by Crippen LogP contribution is -2.41. The number of halogens is 3. The van der Waals surface area contributed by atoms with Crippen LogP contribution in [0.15, 0.2) is 18.2 Å². The van der Waals surface area contributed by atoms with Gasteiger partial charge >= 0.3 is 0 Å². The molecular formula is C24H35F3N2O2. The number of nitrogens with zero attached hydrogens (tertiary/aromatic N) is 1. The van der Waals surface area contributed by atoms with Gasteiger partial charge in [0.05, 0.1) is 18.7 Å². The minimum atomic E-state index is -2.62. The topological polar surface area (TPSA) is 41.6 Å². The summed E-state index contributed by atoms with van der Waals surface area (Å²) < 4.78 is 46.4. The molecule has 1 amide bonds. The molecule has 0 bridgehead atoms. The summed E-state index contributed by atoms with van der Waals surface area (Å²) in [5.74, 6) is -1.35. The van der Waals surface area contributed by atoms with E-state index >= 15 is 0 Å². The molecule has 1 aromatic rings. The third kappa shape index (κ3) is 7.41. The number of likely N-dealkylation sites (tertiary alicyclic amines) is 1. The number of carbonyl (C=O) groups is 1. The van der Waals surface area contributed by atoms with Gasteiger partial charge in [-0.25, -0.2) is 13.2 Å². The van der Waals surface area contributed by atoms with E-state index < -0.39 is 23.2 Å². The van der Waals surface area contributed by atoms with Gasteiger partial charge in [0.2, 0.25) is 0 Å². The summed E-state index contributed by atoms with van der Waals surface area (Å²) in [5, 5.41) is 2.75. The molecule has 1 aliphatic carbocycles. The van der Waals surface area contributed by atoms with Crippen molar-refractivity contribution in [2.75, 3.05) is 26.2 Å². The second kappa shape index (κ2) is 9.39. The summed E-state index contributed by atoms with van der Waals surface area (Å²) in [6.45, 7) is 8.39. The van der Waals surface area contributed by atoms with E-state index in [4.69, 9.17) is 4.74 Å². The highest BCUT2D eigenvalue weighted by molar-refractivity contribution is 5.95. The van der Waals surface area contributed by atoms with Gasteiger partial charge < -0.3 is 10.1 Å². The van der Waals surface area contributed by atoms with E-state index in [-0.39, 0.29) is 12.1 Å². The number of rotatable bonds is 8. The van der Waals surface area contributed by atoms with E-state index in [2.05, 4.69) is 5.32 Å². The molecule has 0 radical (unpaired) electrons. The highest BCUT2D eigenvalue weighted by atomic mass is 19.3. The average Bonchev–Trinajstić information content (AvgIpc) is 3.39. The third-order valence-electron chi connectivity index (χ3n) is 6.15. The van der Waals surface area contributed by atoms with Crippen molar-refractivity contribution in [2.24, 2.45) is 17.8 Å². The van der Waals surface area contributed by atoms with Crippen molar-refractivity contribution in [3.63, 3.8) is 0 Å². The molecule has 1 saturated heterocycles. The van der Waals surface area contributed by atoms with Gasteiger partial charge in [0.25, 0.3) is 11.8 Å². The number of carbonyl (C=O) groups excluding carboxylic acids is 1. The van der Waals surface area contributed by atoms with E-state index in [0.29, 0.717) is 30.1 Å². The van der Waals surface area contributed by atoms with Crippen LogP contribution in [-0.2, 0) is 0 Å². The van der Waals surface area contributed by atoms with E-state index in [1.54, 1.807) is 6.07 Å². The van der Waals surface area contributed by atoms with Crippen LogP contribution in [0.4, 0.5) is 13.2 Å². The zero-order chi connectivity index (χ0) is 22.8. The van der Waals surface area contributed by atoms with Crippen LogP contribution < -0.4 is 10.1 Å². The molecule has 2 aliphatic rings. The molecule has 1 N–H and O–H groups in total. The number of piperidine rings is 1. The molecule has 3 rings (SSSR count). The predicted octanol–water partition coefficient (Wildman–Crippen LogP) is 5.13. The molecule has 0 spiro atoms. The van der Waals surface area contributed by atoms with Gasteiger partial charge in [0.15, 0.2) is 0 Å². The van der Waals surface area contributed by atoms with Crippen molar-refractivity contribution >= 4 is 5.91 Å². The zero-order valence-corrected chi connectivity index (χ0v) is 19.0. The lowest BCUT2D eigenvalue weighted by atomic mass is 9.90. The molecule has 7 heteroatoms. The molecule has 0 aromatic heterocycles. The maximum absolute atomic E-state index is 14.3. The zero-order valence-electron chi connectivity index (χ0n) is 19.0. The standard InChI is InChI=1S/C24H35F3N2O2/c1-23(2,3)28-22(30)19-6-5-18(14-21(19)25)31-12-9-17-13-20(17)16-7-10-29(11-8-16)15-24(4,26)27/h5-6,14,16-17,20H,7-13,15H2,1-4H3,(H,28,30)/t17-,20-/m1/s1. The summed E-state index contributed by atoms with van der Waals surface area (Å²) >= 11 is 0. The normalized spacial score (nSPS) is 22.9. The molecule has 1 heterocycles. The van der Waals surface area contributed by atoms with Gasteiger partial charge in [-0.3, -0.25) is 9.69 Å². The monoisotopic (exact) mass is 440 g/mol. The SMILES string of the molecule is CC(F)(F)CN1CCC([C@H]2C[C@H]2CCOc2ccc(C(=O)NC(C)(C)C)c(F)c2)CC1. The lowest BCUT2D eigenvalue weighted by molar-refractivity contribution is -0.0232. The van der Waals surface area contributed by atoms with Crippen LogP contribution in [0.1, 0.15) is 63.7 Å².